The maximum absolute atomic E-state index is 13.5. The Labute approximate surface area is 369 Å². The molecule has 0 spiro atoms. The zero-order chi connectivity index (χ0) is 44.4. The number of aliphatic hydroxyl groups is 4. The summed E-state index contributed by atoms with van der Waals surface area (Å²) in [6.45, 7) is 5.84. The second kappa shape index (κ2) is 41.2. The van der Waals surface area contributed by atoms with Crippen LogP contribution in [0.5, 0.6) is 0 Å². The number of allylic oxidation sites excluding steroid dienone is 4. The van der Waals surface area contributed by atoms with Gasteiger partial charge < -0.3 is 38.9 Å². The first kappa shape index (κ1) is 58.2. The van der Waals surface area contributed by atoms with Gasteiger partial charge in [0, 0.05) is 12.8 Å². The van der Waals surface area contributed by atoms with Crippen LogP contribution in [0.4, 0.5) is 0 Å². The summed E-state index contributed by atoms with van der Waals surface area (Å²) >= 11 is 0. The lowest BCUT2D eigenvalue weighted by Crippen LogP contribution is -2.60. The lowest BCUT2D eigenvalue weighted by Gasteiger charge is -2.41. The van der Waals surface area contributed by atoms with Crippen LogP contribution < -0.4 is 0 Å². The fourth-order valence-corrected chi connectivity index (χ4v) is 8.02. The SMILES string of the molecule is CCCCCCCC/C=C\CCCCCCCC(=O)OC(C[N+](C)(CCO)CCO)C(C[N+](C)(CCO)CCO)OC(=O)CCCCCCC/C=C\CCCCCCCC. The molecule has 10 nitrogen and oxygen atoms in total. The van der Waals surface area contributed by atoms with E-state index in [1.165, 1.54) is 89.9 Å². The minimum atomic E-state index is -0.836. The molecule has 0 fully saturated rings. The standard InChI is InChI=1S/C50H98N2O8/c1-5-7-9-11-13-15-17-19-21-23-25-27-29-31-33-35-49(57)59-47(45-51(3,37-41-53)38-42-54)48(46-52(4,39-43-55)40-44-56)60-50(58)36-34-32-30-28-26-24-22-20-18-16-14-12-10-8-6-2/h19-22,47-48,53-56H,5-18,23-46H2,1-4H3/q+2/b21-19-,22-20-. The summed E-state index contributed by atoms with van der Waals surface area (Å²) in [7, 11) is 3.80. The largest absolute Gasteiger partial charge is 0.452 e. The zero-order valence-corrected chi connectivity index (χ0v) is 39.7. The van der Waals surface area contributed by atoms with Crippen LogP contribution in [0.1, 0.15) is 194 Å². The molecule has 60 heavy (non-hydrogen) atoms. The second-order valence-electron chi connectivity index (χ2n) is 18.1. The normalized spacial score (nSPS) is 13.4. The van der Waals surface area contributed by atoms with E-state index < -0.39 is 12.2 Å². The fraction of sp³-hybridized carbons (Fsp3) is 0.880. The van der Waals surface area contributed by atoms with Gasteiger partial charge in [0.05, 0.1) is 40.5 Å². The van der Waals surface area contributed by atoms with Gasteiger partial charge in [-0.25, -0.2) is 0 Å². The van der Waals surface area contributed by atoms with Crippen molar-refractivity contribution in [1.82, 2.24) is 0 Å². The summed E-state index contributed by atoms with van der Waals surface area (Å²) in [5.41, 5.74) is 0. The Morgan fingerprint density at radius 1 is 0.417 bits per heavy atom. The van der Waals surface area contributed by atoms with Crippen molar-refractivity contribution in [3.05, 3.63) is 24.3 Å². The quantitative estimate of drug-likeness (QED) is 0.0206. The Morgan fingerprint density at radius 2 is 0.667 bits per heavy atom. The maximum Gasteiger partial charge on any atom is 0.306 e. The summed E-state index contributed by atoms with van der Waals surface area (Å²) in [6, 6.07) is 0. The van der Waals surface area contributed by atoms with Gasteiger partial charge >= 0.3 is 11.9 Å². The van der Waals surface area contributed by atoms with Crippen molar-refractivity contribution in [3.63, 3.8) is 0 Å². The molecule has 0 radical (unpaired) electrons. The van der Waals surface area contributed by atoms with Crippen LogP contribution in [0.3, 0.4) is 0 Å². The second-order valence-corrected chi connectivity index (χ2v) is 18.1. The predicted octanol–water partition coefficient (Wildman–Crippen LogP) is 9.75. The third-order valence-electron chi connectivity index (χ3n) is 12.1. The number of carbonyl (C=O) groups is 2. The van der Waals surface area contributed by atoms with Crippen molar-refractivity contribution >= 4 is 11.9 Å². The highest BCUT2D eigenvalue weighted by Crippen LogP contribution is 2.20. The number of unbranched alkanes of at least 4 members (excludes halogenated alkanes) is 22. The summed E-state index contributed by atoms with van der Waals surface area (Å²) in [5.74, 6) is -0.706. The first-order valence-corrected chi connectivity index (χ1v) is 24.9. The monoisotopic (exact) mass is 855 g/mol. The molecule has 2 atom stereocenters. The summed E-state index contributed by atoms with van der Waals surface area (Å²) < 4.78 is 12.9. The van der Waals surface area contributed by atoms with E-state index in [0.29, 0.717) is 39.0 Å². The molecule has 0 aliphatic rings. The van der Waals surface area contributed by atoms with Gasteiger partial charge in [0.2, 0.25) is 0 Å². The first-order chi connectivity index (χ1) is 29.1. The van der Waals surface area contributed by atoms with Crippen LogP contribution >= 0.6 is 0 Å². The molecule has 354 valence electrons. The van der Waals surface area contributed by atoms with Gasteiger partial charge in [-0.15, -0.1) is 0 Å². The van der Waals surface area contributed by atoms with Crippen LogP contribution in [-0.2, 0) is 19.1 Å². The molecule has 0 amide bonds. The third-order valence-corrected chi connectivity index (χ3v) is 12.1. The molecule has 0 aromatic heterocycles. The molecule has 0 saturated carbocycles. The Balaban J connectivity index is 5.27. The highest BCUT2D eigenvalue weighted by atomic mass is 16.6. The van der Waals surface area contributed by atoms with Gasteiger partial charge in [0.15, 0.2) is 12.2 Å². The van der Waals surface area contributed by atoms with Crippen LogP contribution in [0, 0.1) is 0 Å². The molecular weight excluding hydrogens is 757 g/mol. The van der Waals surface area contributed by atoms with Gasteiger partial charge in [-0.3, -0.25) is 9.59 Å². The zero-order valence-electron chi connectivity index (χ0n) is 39.7. The number of aliphatic hydroxyl groups excluding tert-OH is 4. The molecule has 0 saturated heterocycles. The van der Waals surface area contributed by atoms with Gasteiger partial charge in [0.1, 0.15) is 39.3 Å². The lowest BCUT2D eigenvalue weighted by molar-refractivity contribution is -0.920. The molecule has 0 aliphatic heterocycles. The first-order valence-electron chi connectivity index (χ1n) is 24.9. The highest BCUT2D eigenvalue weighted by molar-refractivity contribution is 5.70. The van der Waals surface area contributed by atoms with Crippen LogP contribution in [-0.4, -0.2) is 133 Å². The van der Waals surface area contributed by atoms with E-state index in [4.69, 9.17) is 9.47 Å². The molecule has 0 aromatic rings. The van der Waals surface area contributed by atoms with Crippen molar-refractivity contribution < 1.29 is 48.5 Å². The summed E-state index contributed by atoms with van der Waals surface area (Å²) in [4.78, 5) is 26.9. The van der Waals surface area contributed by atoms with E-state index in [1.807, 2.05) is 14.1 Å². The number of quaternary nitrogens is 2. The number of nitrogens with zero attached hydrogens (tertiary/aromatic N) is 2. The molecule has 10 heteroatoms. The molecule has 0 aromatic carbocycles. The number of rotatable bonds is 45. The minimum absolute atomic E-state index is 0.116. The highest BCUT2D eigenvalue weighted by Gasteiger charge is 2.41. The molecule has 4 N–H and O–H groups in total. The Bertz CT molecular complexity index is 946. The topological polar surface area (TPSA) is 134 Å². The molecular formula is C50H98N2O8+2. The van der Waals surface area contributed by atoms with Gasteiger partial charge in [-0.05, 0) is 64.2 Å². The van der Waals surface area contributed by atoms with Crippen LogP contribution in [0.25, 0.3) is 0 Å². The molecule has 0 heterocycles. The van der Waals surface area contributed by atoms with Gasteiger partial charge in [-0.2, -0.15) is 0 Å². The average molecular weight is 855 g/mol. The van der Waals surface area contributed by atoms with Crippen molar-refractivity contribution in [2.45, 2.75) is 206 Å². The van der Waals surface area contributed by atoms with Crippen LogP contribution in [0.2, 0.25) is 0 Å². The van der Waals surface area contributed by atoms with Crippen molar-refractivity contribution in [1.29, 1.82) is 0 Å². The Morgan fingerprint density at radius 3 is 0.933 bits per heavy atom. The predicted molar refractivity (Wildman–Crippen MR) is 249 cm³/mol. The number of hydrogen-bond donors (Lipinski definition) is 4. The minimum Gasteiger partial charge on any atom is -0.452 e. The third kappa shape index (κ3) is 34.7. The van der Waals surface area contributed by atoms with Crippen molar-refractivity contribution in [2.75, 3.05) is 79.8 Å². The molecule has 0 rings (SSSR count). The smallest absolute Gasteiger partial charge is 0.306 e. The average Bonchev–Trinajstić information content (AvgIpc) is 3.20. The van der Waals surface area contributed by atoms with E-state index in [1.54, 1.807) is 0 Å². The van der Waals surface area contributed by atoms with Crippen molar-refractivity contribution in [2.24, 2.45) is 0 Å². The van der Waals surface area contributed by atoms with Gasteiger partial charge in [-0.1, -0.05) is 141 Å². The molecule has 0 aliphatic carbocycles. The Hall–Kier alpha value is -1.82. The number of esters is 2. The maximum atomic E-state index is 13.5. The number of carbonyl (C=O) groups excluding carboxylic acids is 2. The van der Waals surface area contributed by atoms with E-state index in [0.717, 1.165) is 64.2 Å². The number of hydrogen-bond acceptors (Lipinski definition) is 8. The number of ether oxygens (including phenoxy) is 2. The fourth-order valence-electron chi connectivity index (χ4n) is 8.02. The lowest BCUT2D eigenvalue weighted by atomic mass is 10.1. The molecule has 2 unspecified atom stereocenters. The van der Waals surface area contributed by atoms with Gasteiger partial charge in [0.25, 0.3) is 0 Å². The van der Waals surface area contributed by atoms with E-state index in [9.17, 15) is 30.0 Å². The molecule has 0 bridgehead atoms. The van der Waals surface area contributed by atoms with Crippen molar-refractivity contribution in [3.8, 4) is 0 Å². The van der Waals surface area contributed by atoms with E-state index in [-0.39, 0.29) is 73.3 Å². The van der Waals surface area contributed by atoms with E-state index in [2.05, 4.69) is 38.2 Å². The summed E-state index contributed by atoms with van der Waals surface area (Å²) in [6.07, 6.45) is 38.5. The van der Waals surface area contributed by atoms with E-state index >= 15 is 0 Å². The van der Waals surface area contributed by atoms with Crippen LogP contribution in [0.15, 0.2) is 24.3 Å². The number of likely N-dealkylation sites (N-methyl/N-ethyl adjacent to an activating group) is 2. The Kier molecular flexibility index (Phi) is 40.0. The summed E-state index contributed by atoms with van der Waals surface area (Å²) in [5, 5.41) is 39.8.